The maximum absolute atomic E-state index is 12.8. The van der Waals surface area contributed by atoms with Crippen molar-refractivity contribution in [1.82, 2.24) is 0 Å². The second-order valence-electron chi connectivity index (χ2n) is 7.90. The second-order valence-corrected chi connectivity index (χ2v) is 7.90. The first-order valence-corrected chi connectivity index (χ1v) is 7.92. The van der Waals surface area contributed by atoms with Gasteiger partial charge in [-0.2, -0.15) is 26.3 Å². The molecule has 4 rings (SSSR count). The molecule has 0 amide bonds. The lowest BCUT2D eigenvalue weighted by atomic mass is 9.48. The van der Waals surface area contributed by atoms with Crippen LogP contribution in [-0.4, -0.2) is 46.0 Å². The Morgan fingerprint density at radius 2 is 1.42 bits per heavy atom. The monoisotopic (exact) mass is 362 g/mol. The van der Waals surface area contributed by atoms with Gasteiger partial charge >= 0.3 is 12.4 Å². The molecule has 0 aromatic rings. The van der Waals surface area contributed by atoms with E-state index >= 15 is 0 Å². The summed E-state index contributed by atoms with van der Waals surface area (Å²) in [5.74, 6) is -0.382. The summed E-state index contributed by atoms with van der Waals surface area (Å²) in [6.07, 6.45) is -9.28. The topological polar surface area (TPSA) is 49.7 Å². The van der Waals surface area contributed by atoms with Crippen molar-refractivity contribution in [3.05, 3.63) is 0 Å². The third-order valence-corrected chi connectivity index (χ3v) is 6.31. The van der Waals surface area contributed by atoms with Crippen molar-refractivity contribution in [2.45, 2.75) is 68.2 Å². The number of hydrogen-bond donors (Lipinski definition) is 2. The Bertz CT molecular complexity index is 484. The Hall–Kier alpha value is -0.540. The number of aliphatic hydroxyl groups is 2. The Balaban J connectivity index is 1.81. The molecule has 0 radical (unpaired) electrons. The van der Waals surface area contributed by atoms with Crippen molar-refractivity contribution in [1.29, 1.82) is 0 Å². The molecular weight excluding hydrogens is 342 g/mol. The molecule has 4 bridgehead atoms. The van der Waals surface area contributed by atoms with Gasteiger partial charge in [-0.15, -0.1) is 0 Å². The van der Waals surface area contributed by atoms with Gasteiger partial charge in [0.15, 0.2) is 0 Å². The van der Waals surface area contributed by atoms with Crippen molar-refractivity contribution in [2.75, 3.05) is 6.61 Å². The molecule has 9 heteroatoms. The third kappa shape index (κ3) is 2.54. The number of rotatable bonds is 3. The van der Waals surface area contributed by atoms with Gasteiger partial charge in [-0.1, -0.05) is 0 Å². The zero-order chi connectivity index (χ0) is 18.2. The van der Waals surface area contributed by atoms with Gasteiger partial charge in [0.1, 0.15) is 0 Å². The van der Waals surface area contributed by atoms with Crippen LogP contribution < -0.4 is 0 Å². The van der Waals surface area contributed by atoms with E-state index in [0.717, 1.165) is 0 Å². The van der Waals surface area contributed by atoms with E-state index in [-0.39, 0.29) is 17.8 Å². The van der Waals surface area contributed by atoms with Gasteiger partial charge in [-0.05, 0) is 56.8 Å². The highest BCUT2D eigenvalue weighted by Gasteiger charge is 2.72. The number of ether oxygens (including phenoxy) is 1. The summed E-state index contributed by atoms with van der Waals surface area (Å²) < 4.78 is 82.0. The van der Waals surface area contributed by atoms with Crippen LogP contribution in [0, 0.1) is 17.8 Å². The molecule has 4 aliphatic carbocycles. The van der Waals surface area contributed by atoms with Gasteiger partial charge in [0, 0.05) is 0 Å². The van der Waals surface area contributed by atoms with Crippen molar-refractivity contribution < 1.29 is 41.3 Å². The lowest BCUT2D eigenvalue weighted by Gasteiger charge is -2.62. The highest BCUT2D eigenvalue weighted by Crippen LogP contribution is 2.61. The van der Waals surface area contributed by atoms with E-state index in [1.807, 2.05) is 0 Å². The van der Waals surface area contributed by atoms with E-state index < -0.39 is 35.8 Å². The number of halogens is 6. The summed E-state index contributed by atoms with van der Waals surface area (Å²) in [7, 11) is 0. The minimum absolute atomic E-state index is 0.230. The van der Waals surface area contributed by atoms with Crippen molar-refractivity contribution in [3.8, 4) is 0 Å². The fraction of sp³-hybridized carbons (Fsp3) is 1.00. The third-order valence-electron chi connectivity index (χ3n) is 6.31. The SMILES string of the molecule is CC1(OCC(O)(C(F)(F)F)C(F)(F)F)C2CC3CC1CC(O)(C3)C2. The van der Waals surface area contributed by atoms with Gasteiger partial charge in [0.05, 0.1) is 17.8 Å². The first kappa shape index (κ1) is 18.3. The Labute approximate surface area is 135 Å². The van der Waals surface area contributed by atoms with Crippen LogP contribution in [0.15, 0.2) is 0 Å². The summed E-state index contributed by atoms with van der Waals surface area (Å²) >= 11 is 0. The largest absolute Gasteiger partial charge is 0.428 e. The van der Waals surface area contributed by atoms with Crippen molar-refractivity contribution >= 4 is 0 Å². The molecule has 2 atom stereocenters. The van der Waals surface area contributed by atoms with Crippen LogP contribution >= 0.6 is 0 Å². The van der Waals surface area contributed by atoms with Crippen molar-refractivity contribution in [3.63, 3.8) is 0 Å². The normalized spacial score (nSPS) is 42.6. The molecule has 0 aromatic carbocycles. The predicted octanol–water partition coefficient (Wildman–Crippen LogP) is 3.19. The first-order valence-electron chi connectivity index (χ1n) is 7.92. The number of hydrogen-bond acceptors (Lipinski definition) is 3. The van der Waals surface area contributed by atoms with Crippen LogP contribution in [-0.2, 0) is 4.74 Å². The van der Waals surface area contributed by atoms with Gasteiger partial charge in [0.2, 0.25) is 0 Å². The van der Waals surface area contributed by atoms with E-state index in [0.29, 0.717) is 32.1 Å². The molecule has 2 unspecified atom stereocenters. The molecule has 0 spiro atoms. The molecule has 24 heavy (non-hydrogen) atoms. The summed E-state index contributed by atoms with van der Waals surface area (Å²) in [5, 5.41) is 19.7. The average Bonchev–Trinajstić information content (AvgIpc) is 2.38. The average molecular weight is 362 g/mol. The zero-order valence-electron chi connectivity index (χ0n) is 13.0. The minimum atomic E-state index is -5.88. The quantitative estimate of drug-likeness (QED) is 0.759. The maximum atomic E-state index is 12.8. The van der Waals surface area contributed by atoms with Crippen LogP contribution in [0.1, 0.15) is 39.0 Å². The van der Waals surface area contributed by atoms with Crippen LogP contribution in [0.3, 0.4) is 0 Å². The molecule has 2 N–H and O–H groups in total. The summed E-state index contributed by atoms with van der Waals surface area (Å²) in [6, 6.07) is 0. The molecule has 4 aliphatic rings. The molecule has 4 fully saturated rings. The lowest BCUT2D eigenvalue weighted by molar-refractivity contribution is -0.388. The zero-order valence-corrected chi connectivity index (χ0v) is 13.0. The molecule has 0 aliphatic heterocycles. The first-order chi connectivity index (χ1) is 10.7. The molecule has 3 nitrogen and oxygen atoms in total. The fourth-order valence-corrected chi connectivity index (χ4v) is 4.97. The summed E-state index contributed by atoms with van der Waals surface area (Å²) in [6.45, 7) is -0.372. The van der Waals surface area contributed by atoms with Gasteiger partial charge in [-0.25, -0.2) is 0 Å². The van der Waals surface area contributed by atoms with Crippen LogP contribution in [0.2, 0.25) is 0 Å². The number of alkyl halides is 6. The molecule has 0 saturated heterocycles. The van der Waals surface area contributed by atoms with Crippen LogP contribution in [0.4, 0.5) is 26.3 Å². The fourth-order valence-electron chi connectivity index (χ4n) is 4.97. The maximum Gasteiger partial charge on any atom is 0.428 e. The molecule has 4 saturated carbocycles. The van der Waals surface area contributed by atoms with Crippen LogP contribution in [0.25, 0.3) is 0 Å². The molecule has 140 valence electrons. The Morgan fingerprint density at radius 1 is 0.958 bits per heavy atom. The van der Waals surface area contributed by atoms with E-state index in [2.05, 4.69) is 0 Å². The standard InChI is InChI=1S/C15H20F6O3/c1-11(24-7-13(23,14(16,17)18)15(19,20)21)9-2-8-3-10(11)6-12(22,4-8)5-9/h8-10,22-23H,2-7H2,1H3. The molecule has 0 aromatic heterocycles. The van der Waals surface area contributed by atoms with E-state index in [9.17, 15) is 36.6 Å². The molecule has 0 heterocycles. The minimum Gasteiger partial charge on any atom is -0.390 e. The second kappa shape index (κ2) is 5.01. The summed E-state index contributed by atoms with van der Waals surface area (Å²) in [5.41, 5.74) is -6.98. The lowest BCUT2D eigenvalue weighted by Crippen LogP contribution is -2.66. The summed E-state index contributed by atoms with van der Waals surface area (Å²) in [4.78, 5) is 0. The Morgan fingerprint density at radius 3 is 1.79 bits per heavy atom. The Kier molecular flexibility index (Phi) is 3.81. The molecular formula is C15H20F6O3. The van der Waals surface area contributed by atoms with Gasteiger partial charge in [-0.3, -0.25) is 0 Å². The smallest absolute Gasteiger partial charge is 0.390 e. The highest BCUT2D eigenvalue weighted by molar-refractivity contribution is 5.12. The van der Waals surface area contributed by atoms with Gasteiger partial charge < -0.3 is 14.9 Å². The predicted molar refractivity (Wildman–Crippen MR) is 69.9 cm³/mol. The highest BCUT2D eigenvalue weighted by atomic mass is 19.4. The van der Waals surface area contributed by atoms with E-state index in [4.69, 9.17) is 4.74 Å². The van der Waals surface area contributed by atoms with Crippen LogP contribution in [0.5, 0.6) is 0 Å². The van der Waals surface area contributed by atoms with E-state index in [1.165, 1.54) is 6.92 Å². The van der Waals surface area contributed by atoms with E-state index in [1.54, 1.807) is 0 Å². The van der Waals surface area contributed by atoms with Gasteiger partial charge in [0.25, 0.3) is 5.60 Å². The van der Waals surface area contributed by atoms with Crippen molar-refractivity contribution in [2.24, 2.45) is 17.8 Å².